The molecule has 1 aliphatic heterocycles. The van der Waals surface area contributed by atoms with E-state index < -0.39 is 5.60 Å². The number of piperidine rings is 1. The molecule has 1 N–H and O–H groups in total. The Balaban J connectivity index is 2.54. The van der Waals surface area contributed by atoms with Crippen molar-refractivity contribution in [3.8, 4) is 0 Å². The molecule has 0 unspecified atom stereocenters. The Morgan fingerprint density at radius 2 is 1.82 bits per heavy atom. The van der Waals surface area contributed by atoms with Crippen molar-refractivity contribution in [2.24, 2.45) is 10.9 Å². The van der Waals surface area contributed by atoms with Gasteiger partial charge in [0.2, 0.25) is 0 Å². The van der Waals surface area contributed by atoms with Gasteiger partial charge in [0.15, 0.2) is 5.96 Å². The second-order valence-corrected chi connectivity index (χ2v) is 8.58. The molecular formula is C21H43N5O2. The molecule has 1 aliphatic rings. The maximum Gasteiger partial charge on any atom is 0.410 e. The first-order valence-corrected chi connectivity index (χ1v) is 10.9. The van der Waals surface area contributed by atoms with Crippen LogP contribution in [0.15, 0.2) is 4.99 Å². The Kier molecular flexibility index (Phi) is 10.6. The zero-order valence-electron chi connectivity index (χ0n) is 19.3. The Morgan fingerprint density at radius 3 is 2.32 bits per heavy atom. The molecule has 0 atom stereocenters. The van der Waals surface area contributed by atoms with E-state index in [2.05, 4.69) is 36.0 Å². The van der Waals surface area contributed by atoms with Crippen molar-refractivity contribution in [1.82, 2.24) is 20.0 Å². The standard InChI is InChI=1S/C21H43N5O2/c1-8-22-19(23-13-16-24(7)9-2)26-14-11-18(12-15-26)17-25(10-3)20(27)28-21(4,5)6/h18H,8-17H2,1-7H3,(H,22,23). The smallest absolute Gasteiger partial charge is 0.410 e. The van der Waals surface area contributed by atoms with Crippen LogP contribution in [0.4, 0.5) is 4.79 Å². The Morgan fingerprint density at radius 1 is 1.18 bits per heavy atom. The number of rotatable bonds is 8. The number of guanidine groups is 1. The molecule has 0 aromatic carbocycles. The molecular weight excluding hydrogens is 354 g/mol. The van der Waals surface area contributed by atoms with Crippen LogP contribution in [0.2, 0.25) is 0 Å². The largest absolute Gasteiger partial charge is 0.444 e. The molecule has 0 radical (unpaired) electrons. The zero-order chi connectivity index (χ0) is 21.2. The van der Waals surface area contributed by atoms with Gasteiger partial charge in [-0.15, -0.1) is 0 Å². The van der Waals surface area contributed by atoms with E-state index in [1.165, 1.54) is 0 Å². The molecule has 0 aromatic heterocycles. The lowest BCUT2D eigenvalue weighted by molar-refractivity contribution is 0.0214. The van der Waals surface area contributed by atoms with Crippen LogP contribution in [-0.2, 0) is 4.74 Å². The van der Waals surface area contributed by atoms with Gasteiger partial charge in [0.25, 0.3) is 0 Å². The maximum atomic E-state index is 12.4. The Hall–Kier alpha value is -1.50. The van der Waals surface area contributed by atoms with Gasteiger partial charge in [-0.05, 0) is 67.0 Å². The van der Waals surface area contributed by atoms with E-state index in [1.807, 2.05) is 32.6 Å². The number of nitrogens with zero attached hydrogens (tertiary/aromatic N) is 4. The Bertz CT molecular complexity index is 482. The number of likely N-dealkylation sites (tertiary alicyclic amines) is 1. The fourth-order valence-corrected chi connectivity index (χ4v) is 3.21. The number of carbonyl (C=O) groups is 1. The summed E-state index contributed by atoms with van der Waals surface area (Å²) in [5.74, 6) is 1.53. The number of carbonyl (C=O) groups excluding carboxylic acids is 1. The van der Waals surface area contributed by atoms with Crippen LogP contribution in [-0.4, -0.2) is 91.8 Å². The number of likely N-dealkylation sites (N-methyl/N-ethyl adjacent to an activating group) is 1. The average Bonchev–Trinajstić information content (AvgIpc) is 2.64. The molecule has 1 amide bonds. The molecule has 0 spiro atoms. The van der Waals surface area contributed by atoms with E-state index in [-0.39, 0.29) is 6.09 Å². The van der Waals surface area contributed by atoms with Crippen molar-refractivity contribution in [2.45, 2.75) is 60.0 Å². The zero-order valence-corrected chi connectivity index (χ0v) is 19.3. The maximum absolute atomic E-state index is 12.4. The van der Waals surface area contributed by atoms with Crippen molar-refractivity contribution >= 4 is 12.1 Å². The van der Waals surface area contributed by atoms with Crippen LogP contribution in [0.1, 0.15) is 54.4 Å². The summed E-state index contributed by atoms with van der Waals surface area (Å²) < 4.78 is 5.54. The summed E-state index contributed by atoms with van der Waals surface area (Å²) in [5.41, 5.74) is -0.448. The van der Waals surface area contributed by atoms with Gasteiger partial charge in [0, 0.05) is 39.3 Å². The fourth-order valence-electron chi connectivity index (χ4n) is 3.21. The minimum absolute atomic E-state index is 0.202. The van der Waals surface area contributed by atoms with Crippen molar-refractivity contribution < 1.29 is 9.53 Å². The van der Waals surface area contributed by atoms with Gasteiger partial charge in [-0.25, -0.2) is 4.79 Å². The molecule has 1 saturated heterocycles. The average molecular weight is 398 g/mol. The summed E-state index contributed by atoms with van der Waals surface area (Å²) >= 11 is 0. The summed E-state index contributed by atoms with van der Waals surface area (Å²) in [6.07, 6.45) is 1.93. The molecule has 1 rings (SSSR count). The van der Waals surface area contributed by atoms with Crippen LogP contribution < -0.4 is 5.32 Å². The van der Waals surface area contributed by atoms with Gasteiger partial charge in [-0.2, -0.15) is 0 Å². The molecule has 0 aromatic rings. The SMILES string of the molecule is CCNC(=NCCN(C)CC)N1CCC(CN(CC)C(=O)OC(C)(C)C)CC1. The van der Waals surface area contributed by atoms with Gasteiger partial charge < -0.3 is 24.8 Å². The molecule has 1 heterocycles. The number of hydrogen-bond donors (Lipinski definition) is 1. The van der Waals surface area contributed by atoms with E-state index in [0.717, 1.165) is 64.6 Å². The van der Waals surface area contributed by atoms with E-state index in [9.17, 15) is 4.79 Å². The van der Waals surface area contributed by atoms with E-state index >= 15 is 0 Å². The predicted octanol–water partition coefficient (Wildman–Crippen LogP) is 2.87. The molecule has 7 nitrogen and oxygen atoms in total. The number of ether oxygens (including phenoxy) is 1. The quantitative estimate of drug-likeness (QED) is 0.504. The lowest BCUT2D eigenvalue weighted by atomic mass is 9.96. The highest BCUT2D eigenvalue weighted by atomic mass is 16.6. The third-order valence-electron chi connectivity index (χ3n) is 5.04. The van der Waals surface area contributed by atoms with E-state index in [4.69, 9.17) is 9.73 Å². The molecule has 0 saturated carbocycles. The minimum Gasteiger partial charge on any atom is -0.444 e. The second kappa shape index (κ2) is 12.1. The summed E-state index contributed by atoms with van der Waals surface area (Å²) in [7, 11) is 2.12. The van der Waals surface area contributed by atoms with Crippen LogP contribution in [0.5, 0.6) is 0 Å². The monoisotopic (exact) mass is 397 g/mol. The molecule has 0 aliphatic carbocycles. The third-order valence-corrected chi connectivity index (χ3v) is 5.04. The Labute approximate surface area is 172 Å². The van der Waals surface area contributed by atoms with Crippen LogP contribution in [0.3, 0.4) is 0 Å². The van der Waals surface area contributed by atoms with Crippen molar-refractivity contribution in [3.05, 3.63) is 0 Å². The summed E-state index contributed by atoms with van der Waals surface area (Å²) in [4.78, 5) is 23.6. The highest BCUT2D eigenvalue weighted by Gasteiger charge is 2.27. The van der Waals surface area contributed by atoms with E-state index in [1.54, 1.807) is 0 Å². The minimum atomic E-state index is -0.448. The van der Waals surface area contributed by atoms with Crippen molar-refractivity contribution in [2.75, 3.05) is 59.4 Å². The normalized spacial score (nSPS) is 16.4. The number of aliphatic imine (C=N–C) groups is 1. The molecule has 1 fully saturated rings. The van der Waals surface area contributed by atoms with Gasteiger partial charge in [0.1, 0.15) is 5.60 Å². The third kappa shape index (κ3) is 9.13. The first kappa shape index (κ1) is 24.5. The molecule has 7 heteroatoms. The molecule has 0 bridgehead atoms. The predicted molar refractivity (Wildman–Crippen MR) is 117 cm³/mol. The molecule has 28 heavy (non-hydrogen) atoms. The molecule has 164 valence electrons. The topological polar surface area (TPSA) is 60.4 Å². The van der Waals surface area contributed by atoms with Gasteiger partial charge in [-0.3, -0.25) is 4.99 Å². The summed E-state index contributed by atoms with van der Waals surface area (Å²) in [5, 5.41) is 3.43. The van der Waals surface area contributed by atoms with Crippen LogP contribution in [0, 0.1) is 5.92 Å². The first-order valence-electron chi connectivity index (χ1n) is 10.9. The van der Waals surface area contributed by atoms with Crippen molar-refractivity contribution in [3.63, 3.8) is 0 Å². The van der Waals surface area contributed by atoms with Crippen LogP contribution >= 0.6 is 0 Å². The van der Waals surface area contributed by atoms with Crippen molar-refractivity contribution in [1.29, 1.82) is 0 Å². The lowest BCUT2D eigenvalue weighted by Crippen LogP contribution is -2.48. The van der Waals surface area contributed by atoms with E-state index in [0.29, 0.717) is 12.5 Å². The highest BCUT2D eigenvalue weighted by molar-refractivity contribution is 5.80. The van der Waals surface area contributed by atoms with Gasteiger partial charge in [0.05, 0.1) is 6.54 Å². The van der Waals surface area contributed by atoms with Gasteiger partial charge >= 0.3 is 6.09 Å². The summed E-state index contributed by atoms with van der Waals surface area (Å²) in [6.45, 7) is 19.2. The number of hydrogen-bond acceptors (Lipinski definition) is 4. The summed E-state index contributed by atoms with van der Waals surface area (Å²) in [6, 6.07) is 0. The number of amides is 1. The highest BCUT2D eigenvalue weighted by Crippen LogP contribution is 2.20. The lowest BCUT2D eigenvalue weighted by Gasteiger charge is -2.36. The fraction of sp³-hybridized carbons (Fsp3) is 0.905. The first-order chi connectivity index (χ1) is 13.2. The number of nitrogens with one attached hydrogen (secondary N) is 1. The second-order valence-electron chi connectivity index (χ2n) is 8.58. The van der Waals surface area contributed by atoms with Gasteiger partial charge in [-0.1, -0.05) is 6.92 Å². The van der Waals surface area contributed by atoms with Crippen LogP contribution in [0.25, 0.3) is 0 Å².